The van der Waals surface area contributed by atoms with Crippen LogP contribution in [0.4, 0.5) is 5.69 Å². The Balaban J connectivity index is 1.67. The van der Waals surface area contributed by atoms with Crippen molar-refractivity contribution < 1.29 is 4.74 Å². The van der Waals surface area contributed by atoms with Gasteiger partial charge in [0.1, 0.15) is 23.0 Å². The van der Waals surface area contributed by atoms with Crippen molar-refractivity contribution in [3.63, 3.8) is 0 Å². The van der Waals surface area contributed by atoms with E-state index in [9.17, 15) is 10.1 Å². The Morgan fingerprint density at radius 1 is 1.14 bits per heavy atom. The Morgan fingerprint density at radius 3 is 2.47 bits per heavy atom. The molecule has 1 aliphatic rings. The molecule has 1 saturated heterocycles. The Morgan fingerprint density at radius 2 is 1.86 bits per heavy atom. The molecule has 7 heteroatoms. The Bertz CT molecular complexity index is 1310. The van der Waals surface area contributed by atoms with Crippen molar-refractivity contribution in [1.82, 2.24) is 14.5 Å². The molecule has 3 atom stereocenters. The molecule has 7 nitrogen and oxygen atoms in total. The molecule has 3 aromatic rings. The van der Waals surface area contributed by atoms with Gasteiger partial charge in [0.2, 0.25) is 0 Å². The number of rotatable bonds is 7. The summed E-state index contributed by atoms with van der Waals surface area (Å²) in [6.45, 7) is 12.4. The summed E-state index contributed by atoms with van der Waals surface area (Å²) in [4.78, 5) is 22.4. The Labute approximate surface area is 213 Å². The summed E-state index contributed by atoms with van der Waals surface area (Å²) in [5.74, 6) is 0.899. The second kappa shape index (κ2) is 10.7. The number of aryl methyl sites for hydroxylation is 1. The number of fused-ring (bicyclic) bond motifs is 1. The minimum absolute atomic E-state index is 0.0678. The molecule has 2 aromatic heterocycles. The molecule has 4 rings (SSSR count). The summed E-state index contributed by atoms with van der Waals surface area (Å²) in [6, 6.07) is 16.6. The number of ether oxygens (including phenoxy) is 1. The molecule has 0 spiro atoms. The number of hydrogen-bond acceptors (Lipinski definition) is 6. The fourth-order valence-corrected chi connectivity index (χ4v) is 5.44. The van der Waals surface area contributed by atoms with Crippen LogP contribution in [0.1, 0.15) is 64.8 Å². The predicted molar refractivity (Wildman–Crippen MR) is 145 cm³/mol. The van der Waals surface area contributed by atoms with Crippen molar-refractivity contribution in [3.05, 3.63) is 64.1 Å². The first-order valence-electron chi connectivity index (χ1n) is 13.0. The Kier molecular flexibility index (Phi) is 7.65. The van der Waals surface area contributed by atoms with Crippen LogP contribution in [-0.2, 0) is 7.05 Å². The molecule has 0 N–H and O–H groups in total. The first-order valence-corrected chi connectivity index (χ1v) is 13.0. The van der Waals surface area contributed by atoms with Crippen LogP contribution in [0.15, 0.2) is 47.3 Å². The molecule has 1 fully saturated rings. The number of piperazine rings is 1. The van der Waals surface area contributed by atoms with E-state index in [2.05, 4.69) is 65.9 Å². The van der Waals surface area contributed by atoms with E-state index in [1.807, 2.05) is 19.9 Å². The predicted octanol–water partition coefficient (Wildman–Crippen LogP) is 5.03. The third kappa shape index (κ3) is 4.96. The minimum Gasteiger partial charge on any atom is -0.491 e. The number of benzene rings is 1. The van der Waals surface area contributed by atoms with Crippen LogP contribution >= 0.6 is 0 Å². The molecular formula is C29H37N5O2. The van der Waals surface area contributed by atoms with Crippen molar-refractivity contribution in [2.75, 3.05) is 18.0 Å². The van der Waals surface area contributed by atoms with E-state index >= 15 is 0 Å². The van der Waals surface area contributed by atoms with Gasteiger partial charge < -0.3 is 14.2 Å². The lowest BCUT2D eigenvalue weighted by Crippen LogP contribution is -2.58. The van der Waals surface area contributed by atoms with Crippen LogP contribution in [0.3, 0.4) is 0 Å². The molecule has 0 saturated carbocycles. The zero-order valence-corrected chi connectivity index (χ0v) is 22.2. The minimum atomic E-state index is -0.0678. The number of nitriles is 1. The topological polar surface area (TPSA) is 74.4 Å². The number of nitrogens with zero attached hydrogens (tertiary/aromatic N) is 5. The van der Waals surface area contributed by atoms with Crippen molar-refractivity contribution in [1.29, 1.82) is 5.26 Å². The lowest BCUT2D eigenvalue weighted by Gasteiger charge is -2.49. The average Bonchev–Trinajstić information content (AvgIpc) is 2.87. The third-order valence-electron chi connectivity index (χ3n) is 7.27. The van der Waals surface area contributed by atoms with Crippen LogP contribution in [0, 0.1) is 11.3 Å². The van der Waals surface area contributed by atoms with Gasteiger partial charge in [0.25, 0.3) is 5.56 Å². The molecule has 3 heterocycles. The molecule has 0 amide bonds. The zero-order chi connectivity index (χ0) is 26.0. The van der Waals surface area contributed by atoms with Crippen molar-refractivity contribution in [3.8, 4) is 11.8 Å². The molecule has 0 radical (unpaired) electrons. The third-order valence-corrected chi connectivity index (χ3v) is 7.27. The van der Waals surface area contributed by atoms with Gasteiger partial charge >= 0.3 is 0 Å². The number of hydrogen-bond donors (Lipinski definition) is 0. The maximum atomic E-state index is 12.8. The van der Waals surface area contributed by atoms with Crippen LogP contribution in [0.2, 0.25) is 0 Å². The quantitative estimate of drug-likeness (QED) is 0.465. The van der Waals surface area contributed by atoms with Gasteiger partial charge in [-0.3, -0.25) is 9.69 Å². The van der Waals surface area contributed by atoms with Crippen LogP contribution in [0.25, 0.3) is 11.0 Å². The lowest BCUT2D eigenvalue weighted by molar-refractivity contribution is 0.0943. The Hall–Kier alpha value is -3.37. The normalized spacial score (nSPS) is 19.4. The van der Waals surface area contributed by atoms with Crippen molar-refractivity contribution in [2.45, 2.75) is 71.7 Å². The number of pyridine rings is 2. The summed E-state index contributed by atoms with van der Waals surface area (Å²) in [6.07, 6.45) is 2.16. The van der Waals surface area contributed by atoms with Gasteiger partial charge in [-0.05, 0) is 63.4 Å². The van der Waals surface area contributed by atoms with E-state index in [0.717, 1.165) is 42.9 Å². The zero-order valence-electron chi connectivity index (χ0n) is 22.2. The standard InChI is InChI=1S/C29H37N5O2/c1-7-23-18-33(27-15-28(35)32(6)26-14-11-22(16-30)31-29(26)27)20(5)17-34(23)25(8-2)21-9-12-24(13-10-21)36-19(3)4/h9-15,19-20,23,25H,7-8,17-18H2,1-6H3/t20-,23?,25?/m0/s1. The molecular weight excluding hydrogens is 450 g/mol. The van der Waals surface area contributed by atoms with Gasteiger partial charge in [0.05, 0.1) is 17.3 Å². The summed E-state index contributed by atoms with van der Waals surface area (Å²) >= 11 is 0. The second-order valence-corrected chi connectivity index (χ2v) is 10.0. The first-order chi connectivity index (χ1) is 17.3. The van der Waals surface area contributed by atoms with Crippen LogP contribution in [-0.4, -0.2) is 45.7 Å². The van der Waals surface area contributed by atoms with Crippen molar-refractivity contribution >= 4 is 16.7 Å². The first kappa shape index (κ1) is 25.7. The molecule has 1 aliphatic heterocycles. The molecule has 0 bridgehead atoms. The average molecular weight is 488 g/mol. The second-order valence-electron chi connectivity index (χ2n) is 10.0. The summed E-state index contributed by atoms with van der Waals surface area (Å²) in [5.41, 5.74) is 3.86. The van der Waals surface area contributed by atoms with E-state index in [0.29, 0.717) is 23.3 Å². The van der Waals surface area contributed by atoms with Gasteiger partial charge in [-0.15, -0.1) is 0 Å². The van der Waals surface area contributed by atoms with Gasteiger partial charge in [-0.2, -0.15) is 5.26 Å². The molecule has 2 unspecified atom stereocenters. The highest BCUT2D eigenvalue weighted by atomic mass is 16.5. The fraction of sp³-hybridized carbons (Fsp3) is 0.483. The fourth-order valence-electron chi connectivity index (χ4n) is 5.44. The van der Waals surface area contributed by atoms with Crippen molar-refractivity contribution in [2.24, 2.45) is 7.05 Å². The van der Waals surface area contributed by atoms with Gasteiger partial charge in [0.15, 0.2) is 0 Å². The molecule has 1 aromatic carbocycles. The highest BCUT2D eigenvalue weighted by Crippen LogP contribution is 2.35. The van der Waals surface area contributed by atoms with Crippen LogP contribution in [0.5, 0.6) is 5.75 Å². The monoisotopic (exact) mass is 487 g/mol. The molecule has 36 heavy (non-hydrogen) atoms. The van der Waals surface area contributed by atoms with Gasteiger partial charge in [-0.25, -0.2) is 4.98 Å². The molecule has 0 aliphatic carbocycles. The van der Waals surface area contributed by atoms with Gasteiger partial charge in [-0.1, -0.05) is 26.0 Å². The van der Waals surface area contributed by atoms with E-state index < -0.39 is 0 Å². The SMILES string of the molecule is CCC1CN(c2cc(=O)n(C)c3ccc(C#N)nc23)[C@@H](C)CN1C(CC)c1ccc(OC(C)C)cc1. The largest absolute Gasteiger partial charge is 0.491 e. The summed E-state index contributed by atoms with van der Waals surface area (Å²) < 4.78 is 7.45. The lowest BCUT2D eigenvalue weighted by atomic mass is 9.95. The van der Waals surface area contributed by atoms with E-state index in [1.165, 1.54) is 5.56 Å². The highest BCUT2D eigenvalue weighted by molar-refractivity contribution is 5.89. The van der Waals surface area contributed by atoms with E-state index in [1.54, 1.807) is 23.7 Å². The van der Waals surface area contributed by atoms with Gasteiger partial charge in [0, 0.05) is 44.3 Å². The summed E-state index contributed by atoms with van der Waals surface area (Å²) in [5, 5.41) is 9.44. The molecule has 190 valence electrons. The number of aromatic nitrogens is 2. The van der Waals surface area contributed by atoms with E-state index in [-0.39, 0.29) is 17.7 Å². The number of anilines is 1. The van der Waals surface area contributed by atoms with Crippen LogP contribution < -0.4 is 15.2 Å². The summed E-state index contributed by atoms with van der Waals surface area (Å²) in [7, 11) is 1.75. The maximum absolute atomic E-state index is 12.8. The maximum Gasteiger partial charge on any atom is 0.252 e. The highest BCUT2D eigenvalue weighted by Gasteiger charge is 2.36. The smallest absolute Gasteiger partial charge is 0.252 e. The van der Waals surface area contributed by atoms with E-state index in [4.69, 9.17) is 4.74 Å².